The smallest absolute Gasteiger partial charge is 0.240 e. The standard InChI is InChI=1S/C15H24N2O2S/c1-3-16-11-10-13-4-8-15(9-5-13)20(18,19)17-12(2)14-6-7-14/h4-5,8-9,12,14,16-17H,3,6-7,10-11H2,1-2H3. The van der Waals surface area contributed by atoms with Gasteiger partial charge in [0.05, 0.1) is 4.90 Å². The van der Waals surface area contributed by atoms with Gasteiger partial charge < -0.3 is 5.32 Å². The van der Waals surface area contributed by atoms with Gasteiger partial charge in [0.2, 0.25) is 10.0 Å². The highest BCUT2D eigenvalue weighted by Gasteiger charge is 2.31. The minimum atomic E-state index is -3.37. The number of hydrogen-bond acceptors (Lipinski definition) is 3. The van der Waals surface area contributed by atoms with Crippen LogP contribution in [0.25, 0.3) is 0 Å². The maximum atomic E-state index is 12.2. The monoisotopic (exact) mass is 296 g/mol. The van der Waals surface area contributed by atoms with E-state index in [1.54, 1.807) is 12.1 Å². The van der Waals surface area contributed by atoms with E-state index in [4.69, 9.17) is 0 Å². The number of hydrogen-bond donors (Lipinski definition) is 2. The van der Waals surface area contributed by atoms with Crippen LogP contribution in [-0.2, 0) is 16.4 Å². The van der Waals surface area contributed by atoms with Gasteiger partial charge in [-0.3, -0.25) is 0 Å². The Labute approximate surface area is 122 Å². The Morgan fingerprint density at radius 2 is 1.90 bits per heavy atom. The first-order valence-electron chi connectivity index (χ1n) is 7.35. The van der Waals surface area contributed by atoms with Gasteiger partial charge in [0.1, 0.15) is 0 Å². The van der Waals surface area contributed by atoms with Gasteiger partial charge in [-0.05, 0) is 62.9 Å². The molecule has 0 saturated heterocycles. The summed E-state index contributed by atoms with van der Waals surface area (Å²) in [6.45, 7) is 5.89. The van der Waals surface area contributed by atoms with E-state index in [1.165, 1.54) is 0 Å². The highest BCUT2D eigenvalue weighted by molar-refractivity contribution is 7.89. The summed E-state index contributed by atoms with van der Waals surface area (Å²) in [7, 11) is -3.37. The first-order valence-corrected chi connectivity index (χ1v) is 8.83. The van der Waals surface area contributed by atoms with Gasteiger partial charge in [0.25, 0.3) is 0 Å². The van der Waals surface area contributed by atoms with Crippen molar-refractivity contribution in [2.45, 2.75) is 44.0 Å². The molecule has 1 aromatic carbocycles. The van der Waals surface area contributed by atoms with Gasteiger partial charge in [0.15, 0.2) is 0 Å². The van der Waals surface area contributed by atoms with Gasteiger partial charge in [-0.25, -0.2) is 13.1 Å². The van der Waals surface area contributed by atoms with Crippen LogP contribution < -0.4 is 10.0 Å². The molecule has 1 unspecified atom stereocenters. The first kappa shape index (κ1) is 15.5. The molecule has 5 heteroatoms. The fourth-order valence-corrected chi connectivity index (χ4v) is 3.56. The number of benzene rings is 1. The molecule has 1 fully saturated rings. The maximum absolute atomic E-state index is 12.2. The van der Waals surface area contributed by atoms with Crippen LogP contribution in [0.3, 0.4) is 0 Å². The van der Waals surface area contributed by atoms with E-state index in [2.05, 4.69) is 17.0 Å². The molecule has 2 rings (SSSR count). The summed E-state index contributed by atoms with van der Waals surface area (Å²) in [6, 6.07) is 7.22. The molecular weight excluding hydrogens is 272 g/mol. The fraction of sp³-hybridized carbons (Fsp3) is 0.600. The molecule has 20 heavy (non-hydrogen) atoms. The molecule has 4 nitrogen and oxygen atoms in total. The average molecular weight is 296 g/mol. The van der Waals surface area contributed by atoms with Gasteiger partial charge in [-0.15, -0.1) is 0 Å². The minimum Gasteiger partial charge on any atom is -0.317 e. The van der Waals surface area contributed by atoms with E-state index in [9.17, 15) is 8.42 Å². The molecule has 112 valence electrons. The summed E-state index contributed by atoms with van der Waals surface area (Å²) in [6.07, 6.45) is 3.18. The normalized spacial score (nSPS) is 17.1. The average Bonchev–Trinajstić information content (AvgIpc) is 3.23. The molecule has 0 heterocycles. The second kappa shape index (κ2) is 6.70. The minimum absolute atomic E-state index is 0.0356. The third-order valence-corrected chi connectivity index (χ3v) is 5.32. The maximum Gasteiger partial charge on any atom is 0.240 e. The summed E-state index contributed by atoms with van der Waals surface area (Å²) in [5.74, 6) is 0.518. The molecule has 0 bridgehead atoms. The molecule has 1 aromatic rings. The lowest BCUT2D eigenvalue weighted by Gasteiger charge is -2.13. The van der Waals surface area contributed by atoms with E-state index in [0.29, 0.717) is 10.8 Å². The lowest BCUT2D eigenvalue weighted by atomic mass is 10.1. The van der Waals surface area contributed by atoms with Crippen molar-refractivity contribution in [1.82, 2.24) is 10.0 Å². The summed E-state index contributed by atoms with van der Waals surface area (Å²) >= 11 is 0. The molecule has 0 aromatic heterocycles. The van der Waals surface area contributed by atoms with Crippen LogP contribution in [0.1, 0.15) is 32.3 Å². The van der Waals surface area contributed by atoms with E-state index in [0.717, 1.165) is 37.9 Å². The summed E-state index contributed by atoms with van der Waals surface area (Å²) < 4.78 is 27.2. The van der Waals surface area contributed by atoms with Crippen molar-refractivity contribution in [3.05, 3.63) is 29.8 Å². The number of nitrogens with one attached hydrogen (secondary N) is 2. The summed E-state index contributed by atoms with van der Waals surface area (Å²) in [5, 5.41) is 3.26. The topological polar surface area (TPSA) is 58.2 Å². The second-order valence-corrected chi connectivity index (χ2v) is 7.21. The van der Waals surface area contributed by atoms with Crippen molar-refractivity contribution in [1.29, 1.82) is 0 Å². The Morgan fingerprint density at radius 3 is 2.45 bits per heavy atom. The molecule has 0 amide bonds. The van der Waals surface area contributed by atoms with Crippen LogP contribution in [0, 0.1) is 5.92 Å². The van der Waals surface area contributed by atoms with Crippen molar-refractivity contribution < 1.29 is 8.42 Å². The highest BCUT2D eigenvalue weighted by Crippen LogP contribution is 2.33. The molecule has 0 aliphatic heterocycles. The number of sulfonamides is 1. The van der Waals surface area contributed by atoms with E-state index in [-0.39, 0.29) is 6.04 Å². The van der Waals surface area contributed by atoms with Crippen LogP contribution in [0.5, 0.6) is 0 Å². The summed E-state index contributed by atoms with van der Waals surface area (Å²) in [5.41, 5.74) is 1.15. The van der Waals surface area contributed by atoms with Gasteiger partial charge in [0, 0.05) is 6.04 Å². The van der Waals surface area contributed by atoms with Crippen LogP contribution in [0.2, 0.25) is 0 Å². The molecule has 1 saturated carbocycles. The van der Waals surface area contributed by atoms with Crippen molar-refractivity contribution >= 4 is 10.0 Å². The predicted octanol–water partition coefficient (Wildman–Crippen LogP) is 1.92. The van der Waals surface area contributed by atoms with E-state index < -0.39 is 10.0 Å². The van der Waals surface area contributed by atoms with Crippen LogP contribution in [-0.4, -0.2) is 27.5 Å². The predicted molar refractivity (Wildman–Crippen MR) is 81.2 cm³/mol. The Kier molecular flexibility index (Phi) is 5.18. The largest absolute Gasteiger partial charge is 0.317 e. The third kappa shape index (κ3) is 4.30. The highest BCUT2D eigenvalue weighted by atomic mass is 32.2. The lowest BCUT2D eigenvalue weighted by molar-refractivity contribution is 0.538. The number of likely N-dealkylation sites (N-methyl/N-ethyl adjacent to an activating group) is 1. The van der Waals surface area contributed by atoms with E-state index in [1.807, 2.05) is 19.1 Å². The quantitative estimate of drug-likeness (QED) is 0.721. The first-order chi connectivity index (χ1) is 9.53. The third-order valence-electron chi connectivity index (χ3n) is 3.74. The summed E-state index contributed by atoms with van der Waals surface area (Å²) in [4.78, 5) is 0.359. The molecule has 1 aliphatic carbocycles. The van der Waals surface area contributed by atoms with Crippen molar-refractivity contribution in [3.63, 3.8) is 0 Å². The SMILES string of the molecule is CCNCCc1ccc(S(=O)(=O)NC(C)C2CC2)cc1. The van der Waals surface area contributed by atoms with Crippen molar-refractivity contribution in [2.24, 2.45) is 5.92 Å². The van der Waals surface area contributed by atoms with Crippen LogP contribution >= 0.6 is 0 Å². The molecule has 1 aliphatic rings. The zero-order valence-corrected chi connectivity index (χ0v) is 13.0. The van der Waals surface area contributed by atoms with Gasteiger partial charge in [-0.2, -0.15) is 0 Å². The van der Waals surface area contributed by atoms with E-state index >= 15 is 0 Å². The van der Waals surface area contributed by atoms with Gasteiger partial charge in [-0.1, -0.05) is 19.1 Å². The van der Waals surface area contributed by atoms with Crippen LogP contribution in [0.15, 0.2) is 29.2 Å². The van der Waals surface area contributed by atoms with Crippen molar-refractivity contribution in [3.8, 4) is 0 Å². The Hall–Kier alpha value is -0.910. The van der Waals surface area contributed by atoms with Gasteiger partial charge >= 0.3 is 0 Å². The molecular formula is C15H24N2O2S. The van der Waals surface area contributed by atoms with Crippen molar-refractivity contribution in [2.75, 3.05) is 13.1 Å². The lowest BCUT2D eigenvalue weighted by Crippen LogP contribution is -2.34. The number of rotatable bonds is 8. The zero-order chi connectivity index (χ0) is 14.6. The Balaban J connectivity index is 1.97. The molecule has 0 spiro atoms. The Morgan fingerprint density at radius 1 is 1.25 bits per heavy atom. The second-order valence-electron chi connectivity index (χ2n) is 5.49. The molecule has 1 atom stereocenters. The van der Waals surface area contributed by atoms with Crippen LogP contribution in [0.4, 0.5) is 0 Å². The molecule has 0 radical (unpaired) electrons. The zero-order valence-electron chi connectivity index (χ0n) is 12.2. The Bertz CT molecular complexity index is 521. The molecule has 2 N–H and O–H groups in total. The fourth-order valence-electron chi connectivity index (χ4n) is 2.25.